The number of hydrogen-bond acceptors (Lipinski definition) is 4. The summed E-state index contributed by atoms with van der Waals surface area (Å²) in [6.45, 7) is 2.66. The summed E-state index contributed by atoms with van der Waals surface area (Å²) in [4.78, 5) is 25.7. The number of carbonyl (C=O) groups is 2. The SMILES string of the molecule is CC[C@@H]1CC[C@H](C(=O)OC)CN1C(=O)OCc1ccccc1. The molecule has 0 unspecified atom stereocenters. The topological polar surface area (TPSA) is 55.8 Å². The summed E-state index contributed by atoms with van der Waals surface area (Å²) in [5.41, 5.74) is 0.949. The molecule has 1 aromatic carbocycles. The highest BCUT2D eigenvalue weighted by Crippen LogP contribution is 2.25. The van der Waals surface area contributed by atoms with Gasteiger partial charge in [-0.3, -0.25) is 4.79 Å². The zero-order valence-corrected chi connectivity index (χ0v) is 13.2. The maximum atomic E-state index is 12.3. The Kier molecular flexibility index (Phi) is 5.81. The molecule has 0 saturated carbocycles. The quantitative estimate of drug-likeness (QED) is 0.802. The molecule has 5 nitrogen and oxygen atoms in total. The predicted molar refractivity (Wildman–Crippen MR) is 82.2 cm³/mol. The van der Waals surface area contributed by atoms with Gasteiger partial charge in [0.25, 0.3) is 0 Å². The third kappa shape index (κ3) is 4.00. The van der Waals surface area contributed by atoms with Crippen LogP contribution in [0.25, 0.3) is 0 Å². The first-order valence-corrected chi connectivity index (χ1v) is 7.70. The minimum Gasteiger partial charge on any atom is -0.469 e. The van der Waals surface area contributed by atoms with Gasteiger partial charge >= 0.3 is 12.1 Å². The van der Waals surface area contributed by atoms with Crippen molar-refractivity contribution in [1.82, 2.24) is 4.90 Å². The van der Waals surface area contributed by atoms with Gasteiger partial charge in [-0.2, -0.15) is 0 Å². The van der Waals surface area contributed by atoms with E-state index in [9.17, 15) is 9.59 Å². The molecule has 1 aromatic rings. The first-order valence-electron chi connectivity index (χ1n) is 7.70. The number of hydrogen-bond donors (Lipinski definition) is 0. The molecule has 22 heavy (non-hydrogen) atoms. The molecule has 2 rings (SSSR count). The van der Waals surface area contributed by atoms with Gasteiger partial charge in [0.2, 0.25) is 0 Å². The molecule has 1 aliphatic rings. The van der Waals surface area contributed by atoms with E-state index in [1.807, 2.05) is 37.3 Å². The van der Waals surface area contributed by atoms with Crippen molar-refractivity contribution in [3.63, 3.8) is 0 Å². The zero-order valence-electron chi connectivity index (χ0n) is 13.2. The number of rotatable bonds is 4. The molecule has 5 heteroatoms. The van der Waals surface area contributed by atoms with E-state index in [0.717, 1.165) is 24.8 Å². The lowest BCUT2D eigenvalue weighted by Gasteiger charge is -2.37. The summed E-state index contributed by atoms with van der Waals surface area (Å²) in [5.74, 6) is -0.507. The molecule has 1 amide bonds. The van der Waals surface area contributed by atoms with Crippen molar-refractivity contribution < 1.29 is 19.1 Å². The van der Waals surface area contributed by atoms with Crippen LogP contribution in [0.3, 0.4) is 0 Å². The van der Waals surface area contributed by atoms with Crippen molar-refractivity contribution in [1.29, 1.82) is 0 Å². The Balaban J connectivity index is 1.96. The number of methoxy groups -OCH3 is 1. The fraction of sp³-hybridized carbons (Fsp3) is 0.529. The Labute approximate surface area is 131 Å². The van der Waals surface area contributed by atoms with Crippen LogP contribution in [0.15, 0.2) is 30.3 Å². The minimum atomic E-state index is -0.357. The summed E-state index contributed by atoms with van der Waals surface area (Å²) in [7, 11) is 1.38. The van der Waals surface area contributed by atoms with E-state index in [1.54, 1.807) is 4.90 Å². The number of amides is 1. The van der Waals surface area contributed by atoms with Crippen LogP contribution in [0.4, 0.5) is 4.79 Å². The highest BCUT2D eigenvalue weighted by atomic mass is 16.6. The second-order valence-electron chi connectivity index (χ2n) is 5.55. The highest BCUT2D eigenvalue weighted by molar-refractivity contribution is 5.75. The van der Waals surface area contributed by atoms with Crippen LogP contribution >= 0.6 is 0 Å². The monoisotopic (exact) mass is 305 g/mol. The average Bonchev–Trinajstić information content (AvgIpc) is 2.59. The summed E-state index contributed by atoms with van der Waals surface area (Å²) in [6.07, 6.45) is 2.06. The Bertz CT molecular complexity index is 503. The molecule has 1 fully saturated rings. The maximum Gasteiger partial charge on any atom is 0.410 e. The van der Waals surface area contributed by atoms with Gasteiger partial charge in [0.15, 0.2) is 0 Å². The minimum absolute atomic E-state index is 0.129. The van der Waals surface area contributed by atoms with Crippen LogP contribution in [0.1, 0.15) is 31.7 Å². The molecule has 1 saturated heterocycles. The molecular formula is C17H23NO4. The summed E-state index contributed by atoms with van der Waals surface area (Å²) in [6, 6.07) is 9.70. The van der Waals surface area contributed by atoms with Gasteiger partial charge in [0.1, 0.15) is 6.61 Å². The highest BCUT2D eigenvalue weighted by Gasteiger charge is 2.35. The fourth-order valence-electron chi connectivity index (χ4n) is 2.84. The molecule has 0 aromatic heterocycles. The van der Waals surface area contributed by atoms with E-state index >= 15 is 0 Å². The first-order chi connectivity index (χ1) is 10.7. The molecule has 120 valence electrons. The molecule has 0 spiro atoms. The van der Waals surface area contributed by atoms with Crippen LogP contribution in [-0.2, 0) is 20.9 Å². The van der Waals surface area contributed by atoms with E-state index < -0.39 is 0 Å². The molecule has 2 atom stereocenters. The number of piperidine rings is 1. The average molecular weight is 305 g/mol. The lowest BCUT2D eigenvalue weighted by molar-refractivity contribution is -0.147. The van der Waals surface area contributed by atoms with Gasteiger partial charge in [-0.1, -0.05) is 37.3 Å². The van der Waals surface area contributed by atoms with Crippen LogP contribution < -0.4 is 0 Å². The number of ether oxygens (including phenoxy) is 2. The Morgan fingerprint density at radius 1 is 1.23 bits per heavy atom. The summed E-state index contributed by atoms with van der Waals surface area (Å²) in [5, 5.41) is 0. The second-order valence-corrected chi connectivity index (χ2v) is 5.55. The fourth-order valence-corrected chi connectivity index (χ4v) is 2.84. The molecule has 0 radical (unpaired) electrons. The van der Waals surface area contributed by atoms with Gasteiger partial charge in [-0.05, 0) is 24.8 Å². The lowest BCUT2D eigenvalue weighted by atomic mass is 9.92. The second kappa shape index (κ2) is 7.82. The molecule has 0 aliphatic carbocycles. The Morgan fingerprint density at radius 2 is 1.95 bits per heavy atom. The van der Waals surface area contributed by atoms with E-state index in [1.165, 1.54) is 7.11 Å². The van der Waals surface area contributed by atoms with Crippen molar-refractivity contribution in [3.05, 3.63) is 35.9 Å². The van der Waals surface area contributed by atoms with E-state index in [4.69, 9.17) is 9.47 Å². The smallest absolute Gasteiger partial charge is 0.410 e. The van der Waals surface area contributed by atoms with Crippen molar-refractivity contribution in [2.24, 2.45) is 5.92 Å². The number of esters is 1. The molecule has 0 N–H and O–H groups in total. The molecule has 1 heterocycles. The van der Waals surface area contributed by atoms with Crippen LogP contribution in [0.5, 0.6) is 0 Å². The standard InChI is InChI=1S/C17H23NO4/c1-3-15-10-9-14(16(19)21-2)11-18(15)17(20)22-12-13-7-5-4-6-8-13/h4-8,14-15H,3,9-12H2,1-2H3/t14-,15+/m0/s1. The largest absolute Gasteiger partial charge is 0.469 e. The normalized spacial score (nSPS) is 21.3. The Morgan fingerprint density at radius 3 is 2.59 bits per heavy atom. The molecular weight excluding hydrogens is 282 g/mol. The number of nitrogens with zero attached hydrogens (tertiary/aromatic N) is 1. The third-order valence-electron chi connectivity index (χ3n) is 4.15. The Hall–Kier alpha value is -2.04. The van der Waals surface area contributed by atoms with Crippen molar-refractivity contribution in [3.8, 4) is 0 Å². The van der Waals surface area contributed by atoms with Crippen molar-refractivity contribution in [2.45, 2.75) is 38.8 Å². The summed E-state index contributed by atoms with van der Waals surface area (Å²) < 4.78 is 10.2. The van der Waals surface area contributed by atoms with Crippen LogP contribution in [0.2, 0.25) is 0 Å². The predicted octanol–water partition coefficient (Wildman–Crippen LogP) is 2.99. The van der Waals surface area contributed by atoms with E-state index in [0.29, 0.717) is 6.54 Å². The number of likely N-dealkylation sites (tertiary alicyclic amines) is 1. The van der Waals surface area contributed by atoms with Gasteiger partial charge in [-0.25, -0.2) is 4.79 Å². The van der Waals surface area contributed by atoms with Gasteiger partial charge in [0, 0.05) is 12.6 Å². The van der Waals surface area contributed by atoms with Gasteiger partial charge in [-0.15, -0.1) is 0 Å². The third-order valence-corrected chi connectivity index (χ3v) is 4.15. The van der Waals surface area contributed by atoms with E-state index in [-0.39, 0.29) is 30.6 Å². The zero-order chi connectivity index (χ0) is 15.9. The van der Waals surface area contributed by atoms with Crippen LogP contribution in [-0.4, -0.2) is 36.7 Å². The van der Waals surface area contributed by atoms with Gasteiger partial charge < -0.3 is 14.4 Å². The summed E-state index contributed by atoms with van der Waals surface area (Å²) >= 11 is 0. The van der Waals surface area contributed by atoms with Crippen molar-refractivity contribution in [2.75, 3.05) is 13.7 Å². The lowest BCUT2D eigenvalue weighted by Crippen LogP contribution is -2.48. The van der Waals surface area contributed by atoms with Crippen LogP contribution in [0, 0.1) is 5.92 Å². The number of benzene rings is 1. The van der Waals surface area contributed by atoms with Gasteiger partial charge in [0.05, 0.1) is 13.0 Å². The van der Waals surface area contributed by atoms with E-state index in [2.05, 4.69) is 0 Å². The van der Waals surface area contributed by atoms with Crippen molar-refractivity contribution >= 4 is 12.1 Å². The molecule has 0 bridgehead atoms. The first kappa shape index (κ1) is 16.3. The number of carbonyl (C=O) groups excluding carboxylic acids is 2. The maximum absolute atomic E-state index is 12.3. The molecule has 1 aliphatic heterocycles.